The Hall–Kier alpha value is -2.24. The van der Waals surface area contributed by atoms with Crippen LogP contribution < -0.4 is 20.1 Å². The minimum absolute atomic E-state index is 0.0107. The Labute approximate surface area is 167 Å². The molecule has 6 heteroatoms. The van der Waals surface area contributed by atoms with E-state index in [0.717, 1.165) is 50.0 Å². The minimum Gasteiger partial charge on any atom is -0.497 e. The van der Waals surface area contributed by atoms with Crippen LogP contribution in [0.2, 0.25) is 0 Å². The first-order valence-electron chi connectivity index (χ1n) is 10.5. The fourth-order valence-corrected chi connectivity index (χ4v) is 4.17. The van der Waals surface area contributed by atoms with Gasteiger partial charge in [-0.15, -0.1) is 0 Å². The van der Waals surface area contributed by atoms with E-state index in [-0.39, 0.29) is 23.7 Å². The standard InChI is InChI=1S/C22H32N2O4/c1-27-19-10-12-20(13-11-19)28-15-14-23-21(25)16-6-8-17(9-7-16)22(26)24-18-4-2-3-5-18/h10-13,16-18H,2-9,14-15H2,1H3,(H,23,25)(H,24,26). The average Bonchev–Trinajstić information content (AvgIpc) is 3.24. The number of ether oxygens (including phenoxy) is 2. The van der Waals surface area contributed by atoms with E-state index in [4.69, 9.17) is 9.47 Å². The zero-order chi connectivity index (χ0) is 19.8. The predicted molar refractivity (Wildman–Crippen MR) is 107 cm³/mol. The van der Waals surface area contributed by atoms with Crippen LogP contribution in [0.3, 0.4) is 0 Å². The number of hydrogen-bond donors (Lipinski definition) is 2. The number of amides is 2. The van der Waals surface area contributed by atoms with Gasteiger partial charge in [0.05, 0.1) is 13.7 Å². The van der Waals surface area contributed by atoms with E-state index in [9.17, 15) is 9.59 Å². The van der Waals surface area contributed by atoms with E-state index in [1.807, 2.05) is 24.3 Å². The molecule has 2 amide bonds. The van der Waals surface area contributed by atoms with Crippen molar-refractivity contribution >= 4 is 11.8 Å². The van der Waals surface area contributed by atoms with Crippen LogP contribution in [-0.2, 0) is 9.59 Å². The minimum atomic E-state index is 0.0107. The molecule has 0 unspecified atom stereocenters. The molecule has 0 radical (unpaired) electrons. The van der Waals surface area contributed by atoms with E-state index in [1.165, 1.54) is 12.8 Å². The largest absolute Gasteiger partial charge is 0.497 e. The molecule has 154 valence electrons. The second-order valence-electron chi connectivity index (χ2n) is 7.85. The highest BCUT2D eigenvalue weighted by Gasteiger charge is 2.31. The van der Waals surface area contributed by atoms with Gasteiger partial charge in [0.15, 0.2) is 0 Å². The van der Waals surface area contributed by atoms with Crippen LogP contribution in [0.1, 0.15) is 51.4 Å². The second kappa shape index (κ2) is 10.3. The molecule has 0 atom stereocenters. The topological polar surface area (TPSA) is 76.7 Å². The van der Waals surface area contributed by atoms with E-state index in [1.54, 1.807) is 7.11 Å². The number of rotatable bonds is 8. The van der Waals surface area contributed by atoms with Gasteiger partial charge < -0.3 is 20.1 Å². The van der Waals surface area contributed by atoms with Gasteiger partial charge in [-0.05, 0) is 62.8 Å². The molecule has 2 aliphatic rings. The maximum atomic E-state index is 12.4. The summed E-state index contributed by atoms with van der Waals surface area (Å²) in [4.78, 5) is 24.7. The smallest absolute Gasteiger partial charge is 0.223 e. The number of hydrogen-bond acceptors (Lipinski definition) is 4. The number of carbonyl (C=O) groups is 2. The first kappa shape index (κ1) is 20.5. The maximum absolute atomic E-state index is 12.4. The van der Waals surface area contributed by atoms with Gasteiger partial charge >= 0.3 is 0 Å². The number of nitrogens with one attached hydrogen (secondary N) is 2. The van der Waals surface area contributed by atoms with Crippen LogP contribution >= 0.6 is 0 Å². The highest BCUT2D eigenvalue weighted by atomic mass is 16.5. The number of carbonyl (C=O) groups excluding carboxylic acids is 2. The van der Waals surface area contributed by atoms with E-state index >= 15 is 0 Å². The van der Waals surface area contributed by atoms with Crippen LogP contribution in [0.4, 0.5) is 0 Å². The average molecular weight is 389 g/mol. The fourth-order valence-electron chi connectivity index (χ4n) is 4.17. The first-order valence-corrected chi connectivity index (χ1v) is 10.5. The zero-order valence-corrected chi connectivity index (χ0v) is 16.7. The zero-order valence-electron chi connectivity index (χ0n) is 16.7. The molecule has 1 aromatic carbocycles. The Morgan fingerprint density at radius 3 is 2.07 bits per heavy atom. The number of methoxy groups -OCH3 is 1. The molecule has 1 aromatic rings. The fraction of sp³-hybridized carbons (Fsp3) is 0.636. The lowest BCUT2D eigenvalue weighted by Crippen LogP contribution is -2.41. The molecule has 0 aliphatic heterocycles. The summed E-state index contributed by atoms with van der Waals surface area (Å²) < 4.78 is 10.7. The molecule has 0 saturated heterocycles. The van der Waals surface area contributed by atoms with Crippen LogP contribution in [-0.4, -0.2) is 38.1 Å². The molecule has 2 aliphatic carbocycles. The molecule has 6 nitrogen and oxygen atoms in total. The summed E-state index contributed by atoms with van der Waals surface area (Å²) in [5, 5.41) is 6.15. The highest BCUT2D eigenvalue weighted by Crippen LogP contribution is 2.30. The van der Waals surface area contributed by atoms with Crippen molar-refractivity contribution < 1.29 is 19.1 Å². The van der Waals surface area contributed by atoms with Crippen molar-refractivity contribution in [2.24, 2.45) is 11.8 Å². The van der Waals surface area contributed by atoms with Gasteiger partial charge in [0.25, 0.3) is 0 Å². The normalized spacial score (nSPS) is 22.5. The third kappa shape index (κ3) is 5.88. The molecule has 2 fully saturated rings. The van der Waals surface area contributed by atoms with Crippen molar-refractivity contribution in [3.05, 3.63) is 24.3 Å². The van der Waals surface area contributed by atoms with Gasteiger partial charge in [-0.25, -0.2) is 0 Å². The summed E-state index contributed by atoms with van der Waals surface area (Å²) in [7, 11) is 1.63. The lowest BCUT2D eigenvalue weighted by molar-refractivity contribution is -0.130. The lowest BCUT2D eigenvalue weighted by Gasteiger charge is -2.28. The van der Waals surface area contributed by atoms with E-state index < -0.39 is 0 Å². The quantitative estimate of drug-likeness (QED) is 0.671. The summed E-state index contributed by atoms with van der Waals surface area (Å²) in [5.41, 5.74) is 0. The van der Waals surface area contributed by atoms with Crippen molar-refractivity contribution in [1.29, 1.82) is 0 Å². The third-order valence-corrected chi connectivity index (χ3v) is 5.90. The summed E-state index contributed by atoms with van der Waals surface area (Å²) >= 11 is 0. The lowest BCUT2D eigenvalue weighted by atomic mass is 9.81. The number of benzene rings is 1. The summed E-state index contributed by atoms with van der Waals surface area (Å²) in [5.74, 6) is 1.89. The maximum Gasteiger partial charge on any atom is 0.223 e. The molecule has 3 rings (SSSR count). The molecular weight excluding hydrogens is 356 g/mol. The van der Waals surface area contributed by atoms with E-state index in [0.29, 0.717) is 19.2 Å². The second-order valence-corrected chi connectivity index (χ2v) is 7.85. The van der Waals surface area contributed by atoms with Gasteiger partial charge in [-0.3, -0.25) is 9.59 Å². The molecule has 2 N–H and O–H groups in total. The Kier molecular flexibility index (Phi) is 7.57. The van der Waals surface area contributed by atoms with Crippen LogP contribution in [0.25, 0.3) is 0 Å². The van der Waals surface area contributed by atoms with E-state index in [2.05, 4.69) is 10.6 Å². The molecular formula is C22H32N2O4. The Bertz CT molecular complexity index is 632. The Morgan fingerprint density at radius 2 is 1.46 bits per heavy atom. The van der Waals surface area contributed by atoms with Crippen molar-refractivity contribution in [2.75, 3.05) is 20.3 Å². The van der Waals surface area contributed by atoms with Crippen LogP contribution in [0.5, 0.6) is 11.5 Å². The van der Waals surface area contributed by atoms with Crippen LogP contribution in [0.15, 0.2) is 24.3 Å². The first-order chi connectivity index (χ1) is 13.7. The van der Waals surface area contributed by atoms with Crippen molar-refractivity contribution in [3.63, 3.8) is 0 Å². The van der Waals surface area contributed by atoms with Gasteiger partial charge in [-0.2, -0.15) is 0 Å². The van der Waals surface area contributed by atoms with Crippen molar-refractivity contribution in [1.82, 2.24) is 10.6 Å². The Balaban J connectivity index is 1.30. The van der Waals surface area contributed by atoms with Crippen molar-refractivity contribution in [2.45, 2.75) is 57.4 Å². The molecule has 0 bridgehead atoms. The van der Waals surface area contributed by atoms with Gasteiger partial charge in [0.2, 0.25) is 11.8 Å². The summed E-state index contributed by atoms with van der Waals surface area (Å²) in [6, 6.07) is 7.75. The van der Waals surface area contributed by atoms with Crippen molar-refractivity contribution in [3.8, 4) is 11.5 Å². The molecule has 2 saturated carbocycles. The SMILES string of the molecule is COc1ccc(OCCNC(=O)C2CCC(C(=O)NC3CCCC3)CC2)cc1. The molecule has 28 heavy (non-hydrogen) atoms. The molecule has 0 aromatic heterocycles. The molecule has 0 heterocycles. The summed E-state index contributed by atoms with van der Waals surface area (Å²) in [6.07, 6.45) is 7.85. The van der Waals surface area contributed by atoms with Gasteiger partial charge in [-0.1, -0.05) is 12.8 Å². The third-order valence-electron chi connectivity index (χ3n) is 5.90. The van der Waals surface area contributed by atoms with Gasteiger partial charge in [0, 0.05) is 17.9 Å². The highest BCUT2D eigenvalue weighted by molar-refractivity contribution is 5.81. The monoisotopic (exact) mass is 388 g/mol. The van der Waals surface area contributed by atoms with Crippen LogP contribution in [0, 0.1) is 11.8 Å². The molecule has 0 spiro atoms. The van der Waals surface area contributed by atoms with Gasteiger partial charge in [0.1, 0.15) is 18.1 Å². The Morgan fingerprint density at radius 1 is 0.893 bits per heavy atom. The predicted octanol–water partition coefficient (Wildman–Crippen LogP) is 3.06. The summed E-state index contributed by atoms with van der Waals surface area (Å²) in [6.45, 7) is 0.907.